The van der Waals surface area contributed by atoms with Crippen molar-refractivity contribution in [2.24, 2.45) is 0 Å². The Kier molecular flexibility index (Phi) is 5.36. The van der Waals surface area contributed by atoms with E-state index in [1.807, 2.05) is 4.90 Å². The van der Waals surface area contributed by atoms with Crippen LogP contribution in [0.5, 0.6) is 0 Å². The Morgan fingerprint density at radius 2 is 1.86 bits per heavy atom. The number of likely N-dealkylation sites (tertiary alicyclic amines) is 1. The highest BCUT2D eigenvalue weighted by Gasteiger charge is 2.27. The number of hydrogen-bond donors (Lipinski definition) is 1. The third-order valence-electron chi connectivity index (χ3n) is 5.62. The molecule has 7 nitrogen and oxygen atoms in total. The number of nitrogens with one attached hydrogen (secondary N) is 1. The minimum absolute atomic E-state index is 0.0419. The second-order valence-electron chi connectivity index (χ2n) is 7.57. The van der Waals surface area contributed by atoms with Gasteiger partial charge in [0, 0.05) is 24.7 Å². The van der Waals surface area contributed by atoms with E-state index in [9.17, 15) is 14.0 Å². The molecule has 0 unspecified atom stereocenters. The van der Waals surface area contributed by atoms with Gasteiger partial charge >= 0.3 is 0 Å². The van der Waals surface area contributed by atoms with Gasteiger partial charge in [0.25, 0.3) is 11.8 Å². The molecular formula is C20H24FN5O2. The van der Waals surface area contributed by atoms with E-state index in [0.29, 0.717) is 11.3 Å². The van der Waals surface area contributed by atoms with Crippen molar-refractivity contribution in [2.75, 3.05) is 13.1 Å². The first-order chi connectivity index (χ1) is 13.6. The fourth-order valence-electron chi connectivity index (χ4n) is 4.02. The zero-order valence-electron chi connectivity index (χ0n) is 15.7. The van der Waals surface area contributed by atoms with Crippen LogP contribution in [0.4, 0.5) is 4.39 Å². The number of rotatable bonds is 4. The molecule has 2 aliphatic rings. The molecule has 0 spiro atoms. The van der Waals surface area contributed by atoms with Crippen LogP contribution in [0.2, 0.25) is 0 Å². The molecule has 1 N–H and O–H groups in total. The molecule has 8 heteroatoms. The molecule has 2 heterocycles. The zero-order chi connectivity index (χ0) is 19.5. The Balaban J connectivity index is 1.30. The fraction of sp³-hybridized carbons (Fsp3) is 0.500. The lowest BCUT2D eigenvalue weighted by Crippen LogP contribution is -2.38. The van der Waals surface area contributed by atoms with Gasteiger partial charge in [-0.1, -0.05) is 11.3 Å². The van der Waals surface area contributed by atoms with Crippen LogP contribution in [0.3, 0.4) is 0 Å². The van der Waals surface area contributed by atoms with Gasteiger partial charge in [0.15, 0.2) is 5.69 Å². The molecule has 1 aromatic carbocycles. The lowest BCUT2D eigenvalue weighted by atomic mass is 9.91. The van der Waals surface area contributed by atoms with Crippen molar-refractivity contribution < 1.29 is 14.0 Å². The van der Waals surface area contributed by atoms with Gasteiger partial charge in [-0.25, -0.2) is 9.07 Å². The number of halogens is 1. The predicted molar refractivity (Wildman–Crippen MR) is 100 cm³/mol. The second-order valence-corrected chi connectivity index (χ2v) is 7.57. The largest absolute Gasteiger partial charge is 0.349 e. The molecule has 2 aromatic rings. The van der Waals surface area contributed by atoms with Crippen LogP contribution in [0.15, 0.2) is 30.5 Å². The van der Waals surface area contributed by atoms with Crippen LogP contribution < -0.4 is 5.32 Å². The van der Waals surface area contributed by atoms with Crippen molar-refractivity contribution in [3.63, 3.8) is 0 Å². The summed E-state index contributed by atoms with van der Waals surface area (Å²) >= 11 is 0. The summed E-state index contributed by atoms with van der Waals surface area (Å²) in [7, 11) is 0. The summed E-state index contributed by atoms with van der Waals surface area (Å²) < 4.78 is 15.1. The number of carbonyl (C=O) groups excluding carboxylic acids is 2. The number of carbonyl (C=O) groups is 2. The van der Waals surface area contributed by atoms with E-state index < -0.39 is 5.82 Å². The van der Waals surface area contributed by atoms with Crippen molar-refractivity contribution in [1.29, 1.82) is 0 Å². The summed E-state index contributed by atoms with van der Waals surface area (Å²) in [5.74, 6) is -0.705. The van der Waals surface area contributed by atoms with Crippen molar-refractivity contribution >= 4 is 11.8 Å². The zero-order valence-corrected chi connectivity index (χ0v) is 15.7. The predicted octanol–water partition coefficient (Wildman–Crippen LogP) is 2.57. The molecule has 1 saturated heterocycles. The van der Waals surface area contributed by atoms with Crippen molar-refractivity contribution in [3.8, 4) is 0 Å². The lowest BCUT2D eigenvalue weighted by molar-refractivity contribution is 0.0786. The molecule has 0 atom stereocenters. The maximum Gasteiger partial charge on any atom is 0.276 e. The van der Waals surface area contributed by atoms with Crippen LogP contribution in [0, 0.1) is 5.82 Å². The minimum atomic E-state index is -0.415. The molecule has 0 bridgehead atoms. The molecule has 1 saturated carbocycles. The number of nitrogens with zero attached hydrogens (tertiary/aromatic N) is 4. The van der Waals surface area contributed by atoms with E-state index in [0.717, 1.165) is 51.6 Å². The summed E-state index contributed by atoms with van der Waals surface area (Å²) in [4.78, 5) is 26.5. The number of aromatic nitrogens is 3. The first kappa shape index (κ1) is 18.6. The molecule has 1 aliphatic carbocycles. The average molecular weight is 385 g/mol. The highest BCUT2D eigenvalue weighted by Crippen LogP contribution is 2.28. The normalized spacial score (nSPS) is 22.2. The van der Waals surface area contributed by atoms with E-state index in [4.69, 9.17) is 0 Å². The minimum Gasteiger partial charge on any atom is -0.349 e. The smallest absolute Gasteiger partial charge is 0.276 e. The van der Waals surface area contributed by atoms with E-state index >= 15 is 0 Å². The van der Waals surface area contributed by atoms with Gasteiger partial charge < -0.3 is 10.2 Å². The monoisotopic (exact) mass is 385 g/mol. The highest BCUT2D eigenvalue weighted by molar-refractivity contribution is 5.94. The van der Waals surface area contributed by atoms with Crippen LogP contribution in [-0.2, 0) is 0 Å². The third kappa shape index (κ3) is 4.05. The summed E-state index contributed by atoms with van der Waals surface area (Å²) in [5.41, 5.74) is 0.742. The molecule has 1 aromatic heterocycles. The second kappa shape index (κ2) is 8.08. The van der Waals surface area contributed by atoms with E-state index in [2.05, 4.69) is 15.6 Å². The van der Waals surface area contributed by atoms with Crippen LogP contribution in [-0.4, -0.2) is 50.8 Å². The first-order valence-electron chi connectivity index (χ1n) is 9.88. The molecule has 2 fully saturated rings. The Morgan fingerprint density at radius 3 is 2.57 bits per heavy atom. The standard InChI is InChI=1S/C20H24FN5O2/c21-15-5-3-4-14(12-15)19(27)22-16-6-8-17(9-7-16)26-13-18(23-24-26)20(28)25-10-1-2-11-25/h3-5,12-13,16-17H,1-2,6-11H2,(H,22,27). The maximum atomic E-state index is 13.3. The summed E-state index contributed by atoms with van der Waals surface area (Å²) in [6, 6.07) is 5.94. The molecule has 2 amide bonds. The first-order valence-corrected chi connectivity index (χ1v) is 9.88. The summed E-state index contributed by atoms with van der Waals surface area (Å²) in [5, 5.41) is 11.2. The SMILES string of the molecule is O=C(NC1CCC(n2cc(C(=O)N3CCCC3)nn2)CC1)c1cccc(F)c1. The Morgan fingerprint density at radius 1 is 1.11 bits per heavy atom. The Hall–Kier alpha value is -2.77. The van der Waals surface area contributed by atoms with Gasteiger partial charge in [-0.05, 0) is 56.7 Å². The van der Waals surface area contributed by atoms with Gasteiger partial charge in [-0.15, -0.1) is 5.10 Å². The van der Waals surface area contributed by atoms with Gasteiger partial charge in [-0.3, -0.25) is 9.59 Å². The van der Waals surface area contributed by atoms with E-state index in [1.54, 1.807) is 16.9 Å². The third-order valence-corrected chi connectivity index (χ3v) is 5.62. The van der Waals surface area contributed by atoms with Crippen molar-refractivity contribution in [3.05, 3.63) is 47.5 Å². The van der Waals surface area contributed by atoms with Gasteiger partial charge in [0.05, 0.1) is 12.2 Å². The highest BCUT2D eigenvalue weighted by atomic mass is 19.1. The quantitative estimate of drug-likeness (QED) is 0.877. The number of amides is 2. The lowest BCUT2D eigenvalue weighted by Gasteiger charge is -2.29. The molecule has 4 rings (SSSR count). The molecule has 148 valence electrons. The maximum absolute atomic E-state index is 13.3. The molecule has 28 heavy (non-hydrogen) atoms. The fourth-order valence-corrected chi connectivity index (χ4v) is 4.02. The summed E-state index contributed by atoms with van der Waals surface area (Å²) in [6.45, 7) is 1.59. The van der Waals surface area contributed by atoms with Crippen LogP contribution in [0.1, 0.15) is 65.4 Å². The van der Waals surface area contributed by atoms with E-state index in [-0.39, 0.29) is 23.9 Å². The van der Waals surface area contributed by atoms with E-state index in [1.165, 1.54) is 18.2 Å². The topological polar surface area (TPSA) is 80.1 Å². The summed E-state index contributed by atoms with van der Waals surface area (Å²) in [6.07, 6.45) is 7.14. The average Bonchev–Trinajstić information content (AvgIpc) is 3.40. The van der Waals surface area contributed by atoms with Gasteiger partial charge in [0.1, 0.15) is 5.82 Å². The Labute approximate surface area is 162 Å². The van der Waals surface area contributed by atoms with Gasteiger partial charge in [-0.2, -0.15) is 0 Å². The molecule has 0 radical (unpaired) electrons. The van der Waals surface area contributed by atoms with Crippen LogP contribution in [0.25, 0.3) is 0 Å². The van der Waals surface area contributed by atoms with Crippen molar-refractivity contribution in [1.82, 2.24) is 25.2 Å². The Bertz CT molecular complexity index is 854. The van der Waals surface area contributed by atoms with Gasteiger partial charge in [0.2, 0.25) is 0 Å². The molecule has 1 aliphatic heterocycles. The van der Waals surface area contributed by atoms with Crippen LogP contribution >= 0.6 is 0 Å². The van der Waals surface area contributed by atoms with Crippen molar-refractivity contribution in [2.45, 2.75) is 50.6 Å². The molecular weight excluding hydrogens is 361 g/mol. The number of benzene rings is 1. The number of hydrogen-bond acceptors (Lipinski definition) is 4.